The molecule has 0 radical (unpaired) electrons. The van der Waals surface area contributed by atoms with E-state index < -0.39 is 0 Å². The first-order valence-corrected chi connectivity index (χ1v) is 8.50. The molecule has 0 aliphatic carbocycles. The molecule has 1 N–H and O–H groups in total. The van der Waals surface area contributed by atoms with Gasteiger partial charge in [-0.3, -0.25) is 0 Å². The van der Waals surface area contributed by atoms with Gasteiger partial charge in [0.15, 0.2) is 0 Å². The van der Waals surface area contributed by atoms with Crippen molar-refractivity contribution in [3.63, 3.8) is 0 Å². The second-order valence-corrected chi connectivity index (χ2v) is 7.71. The largest absolute Gasteiger partial charge is 0.308 e. The van der Waals surface area contributed by atoms with E-state index in [0.29, 0.717) is 11.5 Å². The molecule has 1 saturated heterocycles. The van der Waals surface area contributed by atoms with E-state index in [1.165, 1.54) is 28.4 Å². The van der Waals surface area contributed by atoms with Gasteiger partial charge >= 0.3 is 0 Å². The summed E-state index contributed by atoms with van der Waals surface area (Å²) in [6.45, 7) is 8.07. The minimum Gasteiger partial charge on any atom is -0.308 e. The Morgan fingerprint density at radius 3 is 3.00 bits per heavy atom. The van der Waals surface area contributed by atoms with Gasteiger partial charge in [-0.1, -0.05) is 20.8 Å². The fraction of sp³-hybridized carbons (Fsp3) is 0.714. The van der Waals surface area contributed by atoms with Crippen LogP contribution in [0.25, 0.3) is 0 Å². The highest BCUT2D eigenvalue weighted by atomic mass is 32.2. The van der Waals surface area contributed by atoms with Gasteiger partial charge in [-0.05, 0) is 41.0 Å². The molecule has 1 atom stereocenters. The maximum absolute atomic E-state index is 3.74. The summed E-state index contributed by atoms with van der Waals surface area (Å²) in [5.74, 6) is 2.58. The number of rotatable bonds is 4. The Balaban J connectivity index is 1.86. The van der Waals surface area contributed by atoms with E-state index in [1.807, 2.05) is 11.3 Å². The van der Waals surface area contributed by atoms with Crippen LogP contribution >= 0.6 is 23.1 Å². The highest BCUT2D eigenvalue weighted by Gasteiger charge is 2.28. The number of thioether (sulfide) groups is 1. The van der Waals surface area contributed by atoms with Gasteiger partial charge in [0.25, 0.3) is 0 Å². The molecule has 2 rings (SSSR count). The van der Waals surface area contributed by atoms with Gasteiger partial charge in [0.05, 0.1) is 0 Å². The van der Waals surface area contributed by atoms with Crippen LogP contribution in [0.15, 0.2) is 11.4 Å². The molecule has 1 fully saturated rings. The Kier molecular flexibility index (Phi) is 4.56. The van der Waals surface area contributed by atoms with Crippen molar-refractivity contribution in [3.05, 3.63) is 21.9 Å². The van der Waals surface area contributed by atoms with Crippen molar-refractivity contribution < 1.29 is 0 Å². The van der Waals surface area contributed by atoms with Gasteiger partial charge < -0.3 is 5.32 Å². The maximum Gasteiger partial charge on any atom is 0.0305 e. The molecule has 96 valence electrons. The molecule has 0 spiro atoms. The third-order valence-electron chi connectivity index (χ3n) is 3.38. The molecule has 1 aromatic rings. The summed E-state index contributed by atoms with van der Waals surface area (Å²) in [5, 5.41) is 5.96. The monoisotopic (exact) mass is 269 g/mol. The number of aryl methyl sites for hydroxylation is 1. The van der Waals surface area contributed by atoms with Crippen LogP contribution in [-0.2, 0) is 13.0 Å². The summed E-state index contributed by atoms with van der Waals surface area (Å²) in [6.07, 6.45) is 2.47. The molecule has 0 aromatic carbocycles. The van der Waals surface area contributed by atoms with Crippen LogP contribution in [-0.4, -0.2) is 17.5 Å². The minimum absolute atomic E-state index is 0.504. The topological polar surface area (TPSA) is 12.0 Å². The second kappa shape index (κ2) is 5.77. The lowest BCUT2D eigenvalue weighted by atomic mass is 9.88. The molecule has 2 heterocycles. The van der Waals surface area contributed by atoms with Crippen molar-refractivity contribution in [1.82, 2.24) is 5.32 Å². The molecule has 0 saturated carbocycles. The standard InChI is InChI=1S/C14H23NS2/c1-4-11-5-6-17-13(11)8-15-12-7-14(2,3)10-16-9-12/h5-6,12,15H,4,7-10H2,1-3H3. The Labute approximate surface area is 113 Å². The van der Waals surface area contributed by atoms with Crippen molar-refractivity contribution in [2.24, 2.45) is 5.41 Å². The molecular formula is C14H23NS2. The van der Waals surface area contributed by atoms with Crippen LogP contribution in [0.2, 0.25) is 0 Å². The van der Waals surface area contributed by atoms with Gasteiger partial charge in [0, 0.05) is 23.2 Å². The fourth-order valence-corrected chi connectivity index (χ4v) is 4.70. The summed E-state index contributed by atoms with van der Waals surface area (Å²) >= 11 is 3.99. The second-order valence-electron chi connectivity index (χ2n) is 5.68. The molecular weight excluding hydrogens is 246 g/mol. The van der Waals surface area contributed by atoms with Crippen molar-refractivity contribution >= 4 is 23.1 Å². The predicted molar refractivity (Wildman–Crippen MR) is 80.0 cm³/mol. The van der Waals surface area contributed by atoms with Gasteiger partial charge in [-0.2, -0.15) is 11.8 Å². The van der Waals surface area contributed by atoms with Gasteiger partial charge in [-0.25, -0.2) is 0 Å². The van der Waals surface area contributed by atoms with E-state index in [1.54, 1.807) is 0 Å². The third kappa shape index (κ3) is 3.73. The normalized spacial score (nSPS) is 23.8. The van der Waals surface area contributed by atoms with Gasteiger partial charge in [0.2, 0.25) is 0 Å². The highest BCUT2D eigenvalue weighted by molar-refractivity contribution is 7.99. The van der Waals surface area contributed by atoms with Crippen molar-refractivity contribution in [2.45, 2.75) is 46.2 Å². The summed E-state index contributed by atoms with van der Waals surface area (Å²) in [5.41, 5.74) is 2.02. The lowest BCUT2D eigenvalue weighted by molar-refractivity contribution is 0.317. The molecule has 1 aliphatic heterocycles. The zero-order valence-corrected chi connectivity index (χ0v) is 12.7. The first-order chi connectivity index (χ1) is 8.11. The number of thiophene rings is 1. The van der Waals surface area contributed by atoms with Crippen LogP contribution in [0.4, 0.5) is 0 Å². The number of hydrogen-bond donors (Lipinski definition) is 1. The van der Waals surface area contributed by atoms with Gasteiger partial charge in [-0.15, -0.1) is 11.3 Å². The van der Waals surface area contributed by atoms with E-state index in [0.717, 1.165) is 13.0 Å². The molecule has 17 heavy (non-hydrogen) atoms. The molecule has 0 amide bonds. The van der Waals surface area contributed by atoms with E-state index in [2.05, 4.69) is 49.3 Å². The molecule has 0 bridgehead atoms. The van der Waals surface area contributed by atoms with E-state index >= 15 is 0 Å². The van der Waals surface area contributed by atoms with E-state index in [-0.39, 0.29) is 0 Å². The number of hydrogen-bond acceptors (Lipinski definition) is 3. The minimum atomic E-state index is 0.504. The van der Waals surface area contributed by atoms with Crippen LogP contribution in [0, 0.1) is 5.41 Å². The lowest BCUT2D eigenvalue weighted by Gasteiger charge is -2.35. The Bertz CT molecular complexity index is 357. The van der Waals surface area contributed by atoms with Crippen LogP contribution in [0.5, 0.6) is 0 Å². The molecule has 3 heteroatoms. The SMILES string of the molecule is CCc1ccsc1CNC1CSCC(C)(C)C1. The molecule has 1 unspecified atom stereocenters. The van der Waals surface area contributed by atoms with Crippen molar-refractivity contribution in [3.8, 4) is 0 Å². The van der Waals surface area contributed by atoms with Crippen molar-refractivity contribution in [2.75, 3.05) is 11.5 Å². The highest BCUT2D eigenvalue weighted by Crippen LogP contribution is 2.33. The summed E-state index contributed by atoms with van der Waals surface area (Å²) in [6, 6.07) is 2.96. The van der Waals surface area contributed by atoms with Crippen LogP contribution in [0.1, 0.15) is 37.6 Å². The molecule has 1 aliphatic rings. The van der Waals surface area contributed by atoms with Gasteiger partial charge in [0.1, 0.15) is 0 Å². The molecule has 1 aromatic heterocycles. The Morgan fingerprint density at radius 2 is 2.29 bits per heavy atom. The third-order valence-corrected chi connectivity index (χ3v) is 5.97. The zero-order valence-electron chi connectivity index (χ0n) is 11.1. The Hall–Kier alpha value is 0.01000. The zero-order chi connectivity index (χ0) is 12.3. The van der Waals surface area contributed by atoms with E-state index in [4.69, 9.17) is 0 Å². The summed E-state index contributed by atoms with van der Waals surface area (Å²) in [7, 11) is 0. The fourth-order valence-electron chi connectivity index (χ4n) is 2.47. The summed E-state index contributed by atoms with van der Waals surface area (Å²) < 4.78 is 0. The quantitative estimate of drug-likeness (QED) is 0.889. The average molecular weight is 269 g/mol. The summed E-state index contributed by atoms with van der Waals surface area (Å²) in [4.78, 5) is 1.53. The number of nitrogens with one attached hydrogen (secondary N) is 1. The predicted octanol–water partition coefficient (Wildman–Crippen LogP) is 3.93. The van der Waals surface area contributed by atoms with Crippen LogP contribution in [0.3, 0.4) is 0 Å². The lowest BCUT2D eigenvalue weighted by Crippen LogP contribution is -2.39. The van der Waals surface area contributed by atoms with E-state index in [9.17, 15) is 0 Å². The Morgan fingerprint density at radius 1 is 1.47 bits per heavy atom. The van der Waals surface area contributed by atoms with Crippen molar-refractivity contribution in [1.29, 1.82) is 0 Å². The maximum atomic E-state index is 3.74. The smallest absolute Gasteiger partial charge is 0.0305 e. The first kappa shape index (κ1) is 13.4. The first-order valence-electron chi connectivity index (χ1n) is 6.47. The molecule has 1 nitrogen and oxygen atoms in total. The van der Waals surface area contributed by atoms with Crippen LogP contribution < -0.4 is 5.32 Å². The average Bonchev–Trinajstić information content (AvgIpc) is 2.72.